The number of amides is 1. The van der Waals surface area contributed by atoms with E-state index in [0.717, 1.165) is 0 Å². The van der Waals surface area contributed by atoms with Gasteiger partial charge in [-0.3, -0.25) is 9.59 Å². The Hall–Kier alpha value is -3.28. The molecule has 0 radical (unpaired) electrons. The summed E-state index contributed by atoms with van der Waals surface area (Å²) in [4.78, 5) is 23.1. The van der Waals surface area contributed by atoms with Gasteiger partial charge in [0.1, 0.15) is 0 Å². The van der Waals surface area contributed by atoms with Crippen LogP contribution in [-0.2, 0) is 4.79 Å². The highest BCUT2D eigenvalue weighted by atomic mass is 16.5. The van der Waals surface area contributed by atoms with Crippen molar-refractivity contribution in [3.63, 3.8) is 0 Å². The van der Waals surface area contributed by atoms with E-state index in [0.29, 0.717) is 40.3 Å². The molecule has 0 unspecified atom stereocenters. The van der Waals surface area contributed by atoms with Gasteiger partial charge in [-0.25, -0.2) is 0 Å². The summed E-state index contributed by atoms with van der Waals surface area (Å²) < 4.78 is 15.8. The molecule has 0 fully saturated rings. The third-order valence-electron chi connectivity index (χ3n) is 3.46. The predicted molar refractivity (Wildman–Crippen MR) is 95.6 cm³/mol. The molecule has 0 aliphatic heterocycles. The standard InChI is InChI=1S/C19H19NO5/c1-23-16-10-13(11-17(24-2)19(16)25-3)8-9-18(22)20-15-7-5-4-6-14(15)12-21/h4-12H,1-3H3,(H,20,22)/b9-8+. The van der Waals surface area contributed by atoms with Gasteiger partial charge in [-0.05, 0) is 35.9 Å². The SMILES string of the molecule is COc1cc(/C=C/C(=O)Nc2ccccc2C=O)cc(OC)c1OC. The van der Waals surface area contributed by atoms with Crippen molar-refractivity contribution >= 4 is 24.0 Å². The van der Waals surface area contributed by atoms with Gasteiger partial charge >= 0.3 is 0 Å². The summed E-state index contributed by atoms with van der Waals surface area (Å²) in [5.41, 5.74) is 1.57. The first-order valence-corrected chi connectivity index (χ1v) is 7.46. The second-order valence-electron chi connectivity index (χ2n) is 4.99. The summed E-state index contributed by atoms with van der Waals surface area (Å²) in [6, 6.07) is 10.2. The number of ether oxygens (including phenoxy) is 3. The topological polar surface area (TPSA) is 73.9 Å². The van der Waals surface area contributed by atoms with Gasteiger partial charge in [0.15, 0.2) is 17.8 Å². The molecule has 2 aromatic carbocycles. The van der Waals surface area contributed by atoms with E-state index in [4.69, 9.17) is 14.2 Å². The molecule has 25 heavy (non-hydrogen) atoms. The molecule has 6 heteroatoms. The smallest absolute Gasteiger partial charge is 0.248 e. The van der Waals surface area contributed by atoms with Crippen LogP contribution in [0.5, 0.6) is 17.2 Å². The Morgan fingerprint density at radius 3 is 2.20 bits per heavy atom. The van der Waals surface area contributed by atoms with E-state index in [2.05, 4.69) is 5.32 Å². The Morgan fingerprint density at radius 2 is 1.64 bits per heavy atom. The molecule has 0 aromatic heterocycles. The zero-order chi connectivity index (χ0) is 18.2. The molecule has 1 N–H and O–H groups in total. The normalized spacial score (nSPS) is 10.4. The molecular weight excluding hydrogens is 322 g/mol. The van der Waals surface area contributed by atoms with E-state index >= 15 is 0 Å². The molecule has 0 saturated carbocycles. The summed E-state index contributed by atoms with van der Waals surface area (Å²) >= 11 is 0. The van der Waals surface area contributed by atoms with Crippen LogP contribution in [0.3, 0.4) is 0 Å². The lowest BCUT2D eigenvalue weighted by molar-refractivity contribution is -0.111. The largest absolute Gasteiger partial charge is 0.493 e. The maximum absolute atomic E-state index is 12.1. The number of hydrogen-bond donors (Lipinski definition) is 1. The van der Waals surface area contributed by atoms with Gasteiger partial charge in [-0.1, -0.05) is 12.1 Å². The zero-order valence-corrected chi connectivity index (χ0v) is 14.2. The van der Waals surface area contributed by atoms with Crippen molar-refractivity contribution in [3.8, 4) is 17.2 Å². The van der Waals surface area contributed by atoms with Crippen molar-refractivity contribution in [2.45, 2.75) is 0 Å². The minimum absolute atomic E-state index is 0.358. The van der Waals surface area contributed by atoms with Crippen LogP contribution in [0.25, 0.3) is 6.08 Å². The molecule has 0 bridgehead atoms. The van der Waals surface area contributed by atoms with Crippen molar-refractivity contribution in [3.05, 3.63) is 53.6 Å². The van der Waals surface area contributed by atoms with Gasteiger partial charge in [-0.2, -0.15) is 0 Å². The van der Waals surface area contributed by atoms with E-state index in [9.17, 15) is 9.59 Å². The summed E-state index contributed by atoms with van der Waals surface area (Å²) in [5.74, 6) is 1.11. The number of para-hydroxylation sites is 1. The maximum Gasteiger partial charge on any atom is 0.248 e. The van der Waals surface area contributed by atoms with E-state index in [1.165, 1.54) is 27.4 Å². The average molecular weight is 341 g/mol. The van der Waals surface area contributed by atoms with E-state index < -0.39 is 0 Å². The molecule has 130 valence electrons. The fourth-order valence-corrected chi connectivity index (χ4v) is 2.26. The molecule has 0 saturated heterocycles. The molecule has 1 amide bonds. The maximum atomic E-state index is 12.1. The van der Waals surface area contributed by atoms with Gasteiger partial charge < -0.3 is 19.5 Å². The van der Waals surface area contributed by atoms with E-state index in [-0.39, 0.29) is 5.91 Å². The highest BCUT2D eigenvalue weighted by molar-refractivity contribution is 6.04. The van der Waals surface area contributed by atoms with Crippen molar-refractivity contribution in [2.24, 2.45) is 0 Å². The number of carbonyl (C=O) groups excluding carboxylic acids is 2. The average Bonchev–Trinajstić information content (AvgIpc) is 2.65. The van der Waals surface area contributed by atoms with Crippen LogP contribution >= 0.6 is 0 Å². The predicted octanol–water partition coefficient (Wildman–Crippen LogP) is 3.18. The van der Waals surface area contributed by atoms with Crippen LogP contribution in [0.15, 0.2) is 42.5 Å². The van der Waals surface area contributed by atoms with Gasteiger partial charge in [0.05, 0.1) is 27.0 Å². The lowest BCUT2D eigenvalue weighted by Crippen LogP contribution is -2.09. The first-order chi connectivity index (χ1) is 12.1. The first kappa shape index (κ1) is 18.1. The van der Waals surface area contributed by atoms with E-state index in [1.54, 1.807) is 42.5 Å². The zero-order valence-electron chi connectivity index (χ0n) is 14.2. The molecule has 0 spiro atoms. The highest BCUT2D eigenvalue weighted by Gasteiger charge is 2.12. The fraction of sp³-hybridized carbons (Fsp3) is 0.158. The second kappa shape index (κ2) is 8.54. The quantitative estimate of drug-likeness (QED) is 0.618. The van der Waals surface area contributed by atoms with Crippen LogP contribution in [-0.4, -0.2) is 33.5 Å². The third-order valence-corrected chi connectivity index (χ3v) is 3.46. The molecular formula is C19H19NO5. The molecule has 2 aromatic rings. The Balaban J connectivity index is 2.21. The molecule has 6 nitrogen and oxygen atoms in total. The fourth-order valence-electron chi connectivity index (χ4n) is 2.26. The lowest BCUT2D eigenvalue weighted by atomic mass is 10.1. The minimum Gasteiger partial charge on any atom is -0.493 e. The van der Waals surface area contributed by atoms with Crippen LogP contribution in [0.1, 0.15) is 15.9 Å². The second-order valence-corrected chi connectivity index (χ2v) is 4.99. The van der Waals surface area contributed by atoms with Gasteiger partial charge in [0, 0.05) is 11.6 Å². The summed E-state index contributed by atoms with van der Waals surface area (Å²) in [6.07, 6.45) is 3.67. The van der Waals surface area contributed by atoms with Crippen molar-refractivity contribution < 1.29 is 23.8 Å². The number of carbonyl (C=O) groups is 2. The number of hydrogen-bond acceptors (Lipinski definition) is 5. The summed E-state index contributed by atoms with van der Waals surface area (Å²) in [7, 11) is 4.56. The number of benzene rings is 2. The molecule has 0 atom stereocenters. The van der Waals surface area contributed by atoms with Gasteiger partial charge in [0.2, 0.25) is 11.7 Å². The Morgan fingerprint density at radius 1 is 1.00 bits per heavy atom. The van der Waals surface area contributed by atoms with Crippen molar-refractivity contribution in [1.29, 1.82) is 0 Å². The number of rotatable bonds is 7. The summed E-state index contributed by atoms with van der Waals surface area (Å²) in [6.45, 7) is 0. The van der Waals surface area contributed by atoms with Crippen LogP contribution in [0.2, 0.25) is 0 Å². The third kappa shape index (κ3) is 4.38. The Bertz CT molecular complexity index is 773. The number of methoxy groups -OCH3 is 3. The Labute approximate surface area is 146 Å². The highest BCUT2D eigenvalue weighted by Crippen LogP contribution is 2.38. The van der Waals surface area contributed by atoms with Crippen LogP contribution < -0.4 is 19.5 Å². The van der Waals surface area contributed by atoms with Crippen molar-refractivity contribution in [2.75, 3.05) is 26.6 Å². The molecule has 0 aliphatic rings. The van der Waals surface area contributed by atoms with Crippen molar-refractivity contribution in [1.82, 2.24) is 0 Å². The lowest BCUT2D eigenvalue weighted by Gasteiger charge is -2.12. The Kier molecular flexibility index (Phi) is 6.17. The molecule has 2 rings (SSSR count). The number of nitrogens with one attached hydrogen (secondary N) is 1. The minimum atomic E-state index is -0.358. The number of aldehydes is 1. The van der Waals surface area contributed by atoms with E-state index in [1.807, 2.05) is 0 Å². The first-order valence-electron chi connectivity index (χ1n) is 7.46. The van der Waals surface area contributed by atoms with Gasteiger partial charge in [0.25, 0.3) is 0 Å². The summed E-state index contributed by atoms with van der Waals surface area (Å²) in [5, 5.41) is 2.67. The number of anilines is 1. The molecule has 0 aliphatic carbocycles. The molecule has 0 heterocycles. The van der Waals surface area contributed by atoms with Crippen LogP contribution in [0.4, 0.5) is 5.69 Å². The monoisotopic (exact) mass is 341 g/mol. The van der Waals surface area contributed by atoms with Crippen LogP contribution in [0, 0.1) is 0 Å². The van der Waals surface area contributed by atoms with Gasteiger partial charge in [-0.15, -0.1) is 0 Å².